The van der Waals surface area contributed by atoms with E-state index in [0.29, 0.717) is 10.9 Å². The minimum atomic E-state index is -0.787. The van der Waals surface area contributed by atoms with Crippen molar-refractivity contribution in [3.63, 3.8) is 0 Å². The highest BCUT2D eigenvalue weighted by Crippen LogP contribution is 2.24. The van der Waals surface area contributed by atoms with Crippen LogP contribution in [0.2, 0.25) is 5.15 Å². The first-order chi connectivity index (χ1) is 5.68. The SMILES string of the molecule is O=C(O)CCSc1nc(Cl)cs1. The van der Waals surface area contributed by atoms with Gasteiger partial charge < -0.3 is 5.11 Å². The number of halogens is 1. The summed E-state index contributed by atoms with van der Waals surface area (Å²) in [4.78, 5) is 14.1. The van der Waals surface area contributed by atoms with E-state index in [-0.39, 0.29) is 6.42 Å². The molecule has 0 unspecified atom stereocenters. The smallest absolute Gasteiger partial charge is 0.304 e. The van der Waals surface area contributed by atoms with Gasteiger partial charge in [0.15, 0.2) is 4.34 Å². The number of aromatic nitrogens is 1. The quantitative estimate of drug-likeness (QED) is 0.797. The summed E-state index contributed by atoms with van der Waals surface area (Å²) in [6, 6.07) is 0. The Morgan fingerprint density at radius 1 is 1.83 bits per heavy atom. The molecular weight excluding hydrogens is 218 g/mol. The molecule has 66 valence electrons. The Morgan fingerprint density at radius 2 is 2.58 bits per heavy atom. The van der Waals surface area contributed by atoms with Gasteiger partial charge in [0.25, 0.3) is 0 Å². The van der Waals surface area contributed by atoms with Gasteiger partial charge in [-0.1, -0.05) is 23.4 Å². The molecule has 0 fully saturated rings. The molecule has 6 heteroatoms. The van der Waals surface area contributed by atoms with Crippen molar-refractivity contribution < 1.29 is 9.90 Å². The van der Waals surface area contributed by atoms with E-state index < -0.39 is 5.97 Å². The molecule has 0 aliphatic carbocycles. The minimum Gasteiger partial charge on any atom is -0.481 e. The fraction of sp³-hybridized carbons (Fsp3) is 0.333. The van der Waals surface area contributed by atoms with Gasteiger partial charge in [-0.25, -0.2) is 4.98 Å². The summed E-state index contributed by atoms with van der Waals surface area (Å²) in [6.07, 6.45) is 0.155. The zero-order chi connectivity index (χ0) is 8.97. The number of carboxylic acid groups (broad SMARTS) is 1. The van der Waals surface area contributed by atoms with Crippen molar-refractivity contribution in [2.75, 3.05) is 5.75 Å². The van der Waals surface area contributed by atoms with Crippen LogP contribution < -0.4 is 0 Å². The Bertz CT molecular complexity index is 276. The van der Waals surface area contributed by atoms with Crippen LogP contribution in [0.4, 0.5) is 0 Å². The van der Waals surface area contributed by atoms with Gasteiger partial charge in [0.2, 0.25) is 0 Å². The molecule has 0 saturated carbocycles. The number of hydrogen-bond donors (Lipinski definition) is 1. The van der Waals surface area contributed by atoms with Crippen molar-refractivity contribution in [2.45, 2.75) is 10.8 Å². The van der Waals surface area contributed by atoms with Gasteiger partial charge >= 0.3 is 5.97 Å². The van der Waals surface area contributed by atoms with Gasteiger partial charge in [-0.2, -0.15) is 0 Å². The Labute approximate surface area is 82.8 Å². The molecule has 1 aromatic rings. The van der Waals surface area contributed by atoms with E-state index in [1.54, 1.807) is 5.38 Å². The first-order valence-electron chi connectivity index (χ1n) is 3.14. The number of hydrogen-bond acceptors (Lipinski definition) is 4. The highest BCUT2D eigenvalue weighted by molar-refractivity contribution is 8.01. The zero-order valence-electron chi connectivity index (χ0n) is 5.99. The van der Waals surface area contributed by atoms with Crippen LogP contribution in [-0.2, 0) is 4.79 Å². The summed E-state index contributed by atoms with van der Waals surface area (Å²) in [5, 5.41) is 10.5. The van der Waals surface area contributed by atoms with Crippen LogP contribution in [0.25, 0.3) is 0 Å². The maximum absolute atomic E-state index is 10.1. The van der Waals surface area contributed by atoms with E-state index in [0.717, 1.165) is 4.34 Å². The maximum atomic E-state index is 10.1. The second-order valence-corrected chi connectivity index (χ2v) is 4.52. The third kappa shape index (κ3) is 3.42. The van der Waals surface area contributed by atoms with Gasteiger partial charge in [-0.15, -0.1) is 11.3 Å². The highest BCUT2D eigenvalue weighted by Gasteiger charge is 2.02. The summed E-state index contributed by atoms with van der Waals surface area (Å²) in [5.41, 5.74) is 0. The van der Waals surface area contributed by atoms with E-state index >= 15 is 0 Å². The summed E-state index contributed by atoms with van der Waals surface area (Å²) in [6.45, 7) is 0. The summed E-state index contributed by atoms with van der Waals surface area (Å²) < 4.78 is 0.821. The van der Waals surface area contributed by atoms with Crippen LogP contribution >= 0.6 is 34.7 Å². The molecule has 1 aromatic heterocycles. The lowest BCUT2D eigenvalue weighted by molar-refractivity contribution is -0.136. The fourth-order valence-electron chi connectivity index (χ4n) is 0.531. The molecule has 0 aromatic carbocycles. The van der Waals surface area contributed by atoms with Crippen LogP contribution in [0.5, 0.6) is 0 Å². The van der Waals surface area contributed by atoms with E-state index in [1.807, 2.05) is 0 Å². The normalized spacial score (nSPS) is 10.1. The van der Waals surface area contributed by atoms with E-state index in [2.05, 4.69) is 4.98 Å². The Balaban J connectivity index is 2.29. The van der Waals surface area contributed by atoms with Crippen LogP contribution in [0.3, 0.4) is 0 Å². The Hall–Kier alpha value is -0.260. The number of aliphatic carboxylic acids is 1. The monoisotopic (exact) mass is 223 g/mol. The van der Waals surface area contributed by atoms with Crippen LogP contribution in [0, 0.1) is 0 Å². The molecule has 0 saturated heterocycles. The van der Waals surface area contributed by atoms with Gasteiger partial charge in [0.05, 0.1) is 6.42 Å². The van der Waals surface area contributed by atoms with E-state index in [9.17, 15) is 4.79 Å². The molecule has 0 bridgehead atoms. The van der Waals surface area contributed by atoms with Gasteiger partial charge in [-0.05, 0) is 0 Å². The largest absolute Gasteiger partial charge is 0.481 e. The third-order valence-electron chi connectivity index (χ3n) is 0.997. The molecule has 1 N–H and O–H groups in total. The van der Waals surface area contributed by atoms with Crippen molar-refractivity contribution >= 4 is 40.7 Å². The number of nitrogens with zero attached hydrogens (tertiary/aromatic N) is 1. The first kappa shape index (κ1) is 9.83. The molecule has 0 atom stereocenters. The van der Waals surface area contributed by atoms with Gasteiger partial charge in [-0.3, -0.25) is 4.79 Å². The lowest BCUT2D eigenvalue weighted by atomic mass is 10.5. The van der Waals surface area contributed by atoms with Crippen molar-refractivity contribution in [1.82, 2.24) is 4.98 Å². The van der Waals surface area contributed by atoms with Crippen LogP contribution in [-0.4, -0.2) is 21.8 Å². The van der Waals surface area contributed by atoms with Crippen molar-refractivity contribution in [1.29, 1.82) is 0 Å². The molecule has 1 rings (SSSR count). The summed E-state index contributed by atoms with van der Waals surface area (Å²) in [7, 11) is 0. The molecular formula is C6H6ClNO2S2. The molecule has 0 amide bonds. The van der Waals surface area contributed by atoms with E-state index in [1.165, 1.54) is 23.1 Å². The standard InChI is InChI=1S/C6H6ClNO2S2/c7-4-3-12-6(8-4)11-2-1-5(9)10/h3H,1-2H2,(H,9,10). The minimum absolute atomic E-state index is 0.155. The molecule has 0 aliphatic rings. The lowest BCUT2D eigenvalue weighted by Gasteiger charge is -1.91. The van der Waals surface area contributed by atoms with Crippen LogP contribution in [0.1, 0.15) is 6.42 Å². The van der Waals surface area contributed by atoms with Crippen molar-refractivity contribution in [3.8, 4) is 0 Å². The topological polar surface area (TPSA) is 50.2 Å². The number of thioether (sulfide) groups is 1. The molecule has 0 radical (unpaired) electrons. The number of thiazole rings is 1. The van der Waals surface area contributed by atoms with Crippen molar-refractivity contribution in [3.05, 3.63) is 10.5 Å². The summed E-state index contributed by atoms with van der Waals surface area (Å²) in [5.74, 6) is -0.246. The number of carbonyl (C=O) groups is 1. The maximum Gasteiger partial charge on any atom is 0.304 e. The van der Waals surface area contributed by atoms with Gasteiger partial charge in [0, 0.05) is 11.1 Å². The zero-order valence-corrected chi connectivity index (χ0v) is 8.38. The number of rotatable bonds is 4. The molecule has 0 spiro atoms. The lowest BCUT2D eigenvalue weighted by Crippen LogP contribution is -1.95. The fourth-order valence-corrected chi connectivity index (χ4v) is 2.53. The third-order valence-corrected chi connectivity index (χ3v) is 3.34. The average Bonchev–Trinajstić information content (AvgIpc) is 2.35. The predicted molar refractivity (Wildman–Crippen MR) is 50.1 cm³/mol. The number of carboxylic acids is 1. The van der Waals surface area contributed by atoms with Crippen molar-refractivity contribution in [2.24, 2.45) is 0 Å². The van der Waals surface area contributed by atoms with Crippen LogP contribution in [0.15, 0.2) is 9.72 Å². The first-order valence-corrected chi connectivity index (χ1v) is 5.38. The van der Waals surface area contributed by atoms with E-state index in [4.69, 9.17) is 16.7 Å². The molecule has 12 heavy (non-hydrogen) atoms. The average molecular weight is 224 g/mol. The highest BCUT2D eigenvalue weighted by atomic mass is 35.5. The predicted octanol–water partition coefficient (Wildman–Crippen LogP) is 2.36. The summed E-state index contributed by atoms with van der Waals surface area (Å²) >= 11 is 8.41. The van der Waals surface area contributed by atoms with Gasteiger partial charge in [0.1, 0.15) is 5.15 Å². The molecule has 3 nitrogen and oxygen atoms in total. The second kappa shape index (κ2) is 4.69. The molecule has 0 aliphatic heterocycles. The Kier molecular flexibility index (Phi) is 3.84. The second-order valence-electron chi connectivity index (χ2n) is 1.93. The molecule has 1 heterocycles. The Morgan fingerprint density at radius 3 is 3.08 bits per heavy atom.